The van der Waals surface area contributed by atoms with Crippen LogP contribution in [0.4, 0.5) is 0 Å². The lowest BCUT2D eigenvalue weighted by atomic mass is 10.1. The van der Waals surface area contributed by atoms with E-state index in [0.717, 1.165) is 5.56 Å². The van der Waals surface area contributed by atoms with Gasteiger partial charge >= 0.3 is 5.97 Å². The summed E-state index contributed by atoms with van der Waals surface area (Å²) < 4.78 is 10.7. The van der Waals surface area contributed by atoms with E-state index >= 15 is 0 Å². The Balaban J connectivity index is 1.76. The van der Waals surface area contributed by atoms with Crippen molar-refractivity contribution in [2.24, 2.45) is 0 Å². The van der Waals surface area contributed by atoms with Gasteiger partial charge in [0.15, 0.2) is 5.76 Å². The van der Waals surface area contributed by atoms with Gasteiger partial charge in [0.1, 0.15) is 11.5 Å². The van der Waals surface area contributed by atoms with Gasteiger partial charge in [-0.25, -0.2) is 0 Å². The molecule has 4 nitrogen and oxygen atoms in total. The Bertz CT molecular complexity index is 832. The van der Waals surface area contributed by atoms with Crippen molar-refractivity contribution in [3.8, 4) is 11.5 Å². The van der Waals surface area contributed by atoms with Crippen molar-refractivity contribution in [1.29, 1.82) is 0 Å². The lowest BCUT2D eigenvalue weighted by Crippen LogP contribution is -2.05. The molecule has 0 amide bonds. The first kappa shape index (κ1) is 15.7. The maximum atomic E-state index is 12.3. The summed E-state index contributed by atoms with van der Waals surface area (Å²) in [5.41, 5.74) is 1.50. The zero-order valence-corrected chi connectivity index (χ0v) is 13.2. The predicted octanol–water partition coefficient (Wildman–Crippen LogP) is 4.17. The van der Waals surface area contributed by atoms with Gasteiger partial charge in [0, 0.05) is 12.5 Å². The third-order valence-corrected chi connectivity index (χ3v) is 3.50. The van der Waals surface area contributed by atoms with Crippen LogP contribution in [0.5, 0.6) is 11.5 Å². The van der Waals surface area contributed by atoms with Crippen LogP contribution in [0.15, 0.2) is 66.4 Å². The van der Waals surface area contributed by atoms with Crippen LogP contribution in [0.25, 0.3) is 6.08 Å². The Hall–Kier alpha value is -3.14. The number of hydrogen-bond acceptors (Lipinski definition) is 4. The molecule has 0 aliphatic carbocycles. The summed E-state index contributed by atoms with van der Waals surface area (Å²) in [5, 5.41) is 0. The quantitative estimate of drug-likeness (QED) is 0.482. The standard InChI is InChI=1S/C20H16O4/c1-2-19(21)23-15-11-12-16-18(13-15)24-17(20(16)22)10-6-9-14-7-4-3-5-8-14/h3-13H,2H2,1H3/b9-6+,17-10-. The van der Waals surface area contributed by atoms with E-state index in [1.165, 1.54) is 0 Å². The first-order chi connectivity index (χ1) is 11.7. The Labute approximate surface area is 140 Å². The molecule has 0 bridgehead atoms. The Kier molecular flexibility index (Phi) is 4.57. The normalized spacial score (nSPS) is 14.7. The highest BCUT2D eigenvalue weighted by atomic mass is 16.5. The third kappa shape index (κ3) is 3.43. The molecule has 24 heavy (non-hydrogen) atoms. The molecule has 0 aromatic heterocycles. The molecule has 1 aliphatic heterocycles. The highest BCUT2D eigenvalue weighted by Gasteiger charge is 2.27. The zero-order valence-electron chi connectivity index (χ0n) is 13.2. The molecule has 0 unspecified atom stereocenters. The topological polar surface area (TPSA) is 52.6 Å². The minimum absolute atomic E-state index is 0.184. The maximum Gasteiger partial charge on any atom is 0.310 e. The van der Waals surface area contributed by atoms with Crippen molar-refractivity contribution in [3.63, 3.8) is 0 Å². The highest BCUT2D eigenvalue weighted by Crippen LogP contribution is 2.34. The molecule has 2 aromatic rings. The number of hydrogen-bond donors (Lipinski definition) is 0. The lowest BCUT2D eigenvalue weighted by molar-refractivity contribution is -0.134. The Morgan fingerprint density at radius 1 is 1.17 bits per heavy atom. The fraction of sp³-hybridized carbons (Fsp3) is 0.100. The summed E-state index contributed by atoms with van der Waals surface area (Å²) >= 11 is 0. The number of Topliss-reactive ketones (excluding diaryl/α,β-unsaturated/α-hetero) is 1. The zero-order chi connectivity index (χ0) is 16.9. The number of esters is 1. The van der Waals surface area contributed by atoms with E-state index < -0.39 is 0 Å². The summed E-state index contributed by atoms with van der Waals surface area (Å²) in [4.78, 5) is 23.6. The molecule has 0 fully saturated rings. The minimum Gasteiger partial charge on any atom is -0.452 e. The van der Waals surface area contributed by atoms with E-state index in [-0.39, 0.29) is 23.9 Å². The molecule has 3 rings (SSSR count). The van der Waals surface area contributed by atoms with Crippen molar-refractivity contribution in [1.82, 2.24) is 0 Å². The monoisotopic (exact) mass is 320 g/mol. The van der Waals surface area contributed by atoms with Crippen LogP contribution in [0.2, 0.25) is 0 Å². The van der Waals surface area contributed by atoms with Crippen molar-refractivity contribution in [2.45, 2.75) is 13.3 Å². The summed E-state index contributed by atoms with van der Waals surface area (Å²) in [6.45, 7) is 1.72. The van der Waals surface area contributed by atoms with Crippen LogP contribution in [0.1, 0.15) is 29.3 Å². The number of carbonyl (C=O) groups excluding carboxylic acids is 2. The van der Waals surface area contributed by atoms with Gasteiger partial charge in [-0.3, -0.25) is 9.59 Å². The molecule has 120 valence electrons. The molecule has 1 heterocycles. The summed E-state index contributed by atoms with van der Waals surface area (Å²) in [5.74, 6) is 0.503. The first-order valence-corrected chi connectivity index (χ1v) is 7.68. The molecule has 0 saturated heterocycles. The second-order valence-corrected chi connectivity index (χ2v) is 5.22. The van der Waals surface area contributed by atoms with Gasteiger partial charge in [-0.05, 0) is 23.8 Å². The number of carbonyl (C=O) groups is 2. The van der Waals surface area contributed by atoms with Crippen LogP contribution >= 0.6 is 0 Å². The van der Waals surface area contributed by atoms with E-state index in [0.29, 0.717) is 17.1 Å². The smallest absolute Gasteiger partial charge is 0.310 e. The van der Waals surface area contributed by atoms with Gasteiger partial charge in [0.05, 0.1) is 5.56 Å². The first-order valence-electron chi connectivity index (χ1n) is 7.68. The van der Waals surface area contributed by atoms with E-state index in [2.05, 4.69) is 0 Å². The van der Waals surface area contributed by atoms with Crippen molar-refractivity contribution in [3.05, 3.63) is 77.6 Å². The molecule has 0 atom stereocenters. The molecule has 0 saturated carbocycles. The molecule has 0 spiro atoms. The molecule has 0 radical (unpaired) electrons. The van der Waals surface area contributed by atoms with E-state index in [1.54, 1.807) is 37.3 Å². The van der Waals surface area contributed by atoms with Crippen LogP contribution in [0, 0.1) is 0 Å². The fourth-order valence-corrected chi connectivity index (χ4v) is 2.26. The molecular formula is C20H16O4. The molecule has 2 aromatic carbocycles. The molecule has 0 N–H and O–H groups in total. The highest BCUT2D eigenvalue weighted by molar-refractivity contribution is 6.12. The second kappa shape index (κ2) is 6.96. The van der Waals surface area contributed by atoms with Gasteiger partial charge in [-0.15, -0.1) is 0 Å². The van der Waals surface area contributed by atoms with Crippen molar-refractivity contribution >= 4 is 17.8 Å². The van der Waals surface area contributed by atoms with E-state index in [1.807, 2.05) is 36.4 Å². The summed E-state index contributed by atoms with van der Waals surface area (Å²) in [7, 11) is 0. The Morgan fingerprint density at radius 2 is 1.96 bits per heavy atom. The van der Waals surface area contributed by atoms with Gasteiger partial charge in [-0.2, -0.15) is 0 Å². The van der Waals surface area contributed by atoms with Gasteiger partial charge < -0.3 is 9.47 Å². The minimum atomic E-state index is -0.333. The third-order valence-electron chi connectivity index (χ3n) is 3.50. The number of ketones is 1. The van der Waals surface area contributed by atoms with Crippen molar-refractivity contribution < 1.29 is 19.1 Å². The van der Waals surface area contributed by atoms with E-state index in [4.69, 9.17) is 9.47 Å². The van der Waals surface area contributed by atoms with Crippen LogP contribution in [-0.4, -0.2) is 11.8 Å². The number of ether oxygens (including phenoxy) is 2. The Morgan fingerprint density at radius 3 is 2.71 bits per heavy atom. The fourth-order valence-electron chi connectivity index (χ4n) is 2.26. The maximum absolute atomic E-state index is 12.3. The van der Waals surface area contributed by atoms with Crippen LogP contribution in [0.3, 0.4) is 0 Å². The van der Waals surface area contributed by atoms with Gasteiger partial charge in [-0.1, -0.05) is 49.4 Å². The number of allylic oxidation sites excluding steroid dienone is 3. The number of fused-ring (bicyclic) bond motifs is 1. The SMILES string of the molecule is CCC(=O)Oc1ccc2c(c1)O/C(=C\C=C\c1ccccc1)C2=O. The number of benzene rings is 2. The molecule has 4 heteroatoms. The van der Waals surface area contributed by atoms with Crippen molar-refractivity contribution in [2.75, 3.05) is 0 Å². The van der Waals surface area contributed by atoms with E-state index in [9.17, 15) is 9.59 Å². The summed E-state index contributed by atoms with van der Waals surface area (Å²) in [6, 6.07) is 14.5. The van der Waals surface area contributed by atoms with Crippen LogP contribution in [-0.2, 0) is 4.79 Å². The largest absolute Gasteiger partial charge is 0.452 e. The van der Waals surface area contributed by atoms with Crippen LogP contribution < -0.4 is 9.47 Å². The molecule has 1 aliphatic rings. The summed E-state index contributed by atoms with van der Waals surface area (Å²) in [6.07, 6.45) is 5.58. The molecular weight excluding hydrogens is 304 g/mol. The lowest BCUT2D eigenvalue weighted by Gasteiger charge is -2.03. The van der Waals surface area contributed by atoms with Gasteiger partial charge in [0.25, 0.3) is 0 Å². The van der Waals surface area contributed by atoms with Gasteiger partial charge in [0.2, 0.25) is 5.78 Å². The predicted molar refractivity (Wildman–Crippen MR) is 90.9 cm³/mol. The second-order valence-electron chi connectivity index (χ2n) is 5.22. The average Bonchev–Trinajstić information content (AvgIpc) is 2.91. The average molecular weight is 320 g/mol. The number of rotatable bonds is 4.